The van der Waals surface area contributed by atoms with Gasteiger partial charge in [-0.25, -0.2) is 4.39 Å². The third-order valence-electron chi connectivity index (χ3n) is 5.06. The van der Waals surface area contributed by atoms with Crippen LogP contribution in [0.15, 0.2) is 54.6 Å². The highest BCUT2D eigenvalue weighted by Crippen LogP contribution is 2.32. The number of rotatable bonds is 6. The number of hydrogen-bond acceptors (Lipinski definition) is 3. The maximum Gasteiger partial charge on any atom is 0.251 e. The maximum atomic E-state index is 12.9. The Hall–Kier alpha value is -2.44. The van der Waals surface area contributed by atoms with Gasteiger partial charge in [0.2, 0.25) is 5.91 Å². The summed E-state index contributed by atoms with van der Waals surface area (Å²) in [6, 6.07) is 15.4. The third-order valence-corrected chi connectivity index (χ3v) is 5.06. The van der Waals surface area contributed by atoms with Crippen LogP contribution in [0.3, 0.4) is 0 Å². The second kappa shape index (κ2) is 10.2. The summed E-state index contributed by atoms with van der Waals surface area (Å²) < 4.78 is 12.9. The smallest absolute Gasteiger partial charge is 0.251 e. The van der Waals surface area contributed by atoms with E-state index in [1.807, 2.05) is 23.1 Å². The lowest BCUT2D eigenvalue weighted by Crippen LogP contribution is -2.33. The van der Waals surface area contributed by atoms with Crippen LogP contribution in [-0.4, -0.2) is 42.9 Å². The Morgan fingerprint density at radius 1 is 1.07 bits per heavy atom. The molecule has 2 aromatic carbocycles. The number of carbonyl (C=O) groups is 2. The molecule has 3 N–H and O–H groups in total. The van der Waals surface area contributed by atoms with E-state index in [2.05, 4.69) is 17.4 Å². The summed E-state index contributed by atoms with van der Waals surface area (Å²) in [4.78, 5) is 26.4. The molecule has 0 unspecified atom stereocenters. The van der Waals surface area contributed by atoms with Gasteiger partial charge in [0.05, 0.1) is 0 Å². The fourth-order valence-corrected chi connectivity index (χ4v) is 3.54. The van der Waals surface area contributed by atoms with E-state index in [9.17, 15) is 14.0 Å². The molecule has 1 fully saturated rings. The Kier molecular flexibility index (Phi) is 7.96. The zero-order chi connectivity index (χ0) is 19.2. The van der Waals surface area contributed by atoms with Gasteiger partial charge < -0.3 is 16.0 Å². The van der Waals surface area contributed by atoms with Crippen molar-refractivity contribution < 1.29 is 14.0 Å². The molecule has 2 aromatic rings. The van der Waals surface area contributed by atoms with Gasteiger partial charge in [0.15, 0.2) is 0 Å². The van der Waals surface area contributed by atoms with Crippen molar-refractivity contribution in [3.8, 4) is 0 Å². The Labute approximate surface area is 170 Å². The second-order valence-corrected chi connectivity index (χ2v) is 6.82. The van der Waals surface area contributed by atoms with Crippen molar-refractivity contribution >= 4 is 24.2 Å². The number of hydrogen-bond donors (Lipinski definition) is 2. The van der Waals surface area contributed by atoms with Crippen LogP contribution in [0.4, 0.5) is 4.39 Å². The van der Waals surface area contributed by atoms with Crippen LogP contribution in [-0.2, 0) is 4.79 Å². The van der Waals surface area contributed by atoms with Gasteiger partial charge >= 0.3 is 0 Å². The van der Waals surface area contributed by atoms with Crippen molar-refractivity contribution in [3.05, 3.63) is 71.5 Å². The van der Waals surface area contributed by atoms with Crippen LogP contribution in [0.2, 0.25) is 0 Å². The Morgan fingerprint density at radius 3 is 2.39 bits per heavy atom. The molecule has 2 amide bonds. The average Bonchev–Trinajstić information content (AvgIpc) is 3.13. The zero-order valence-electron chi connectivity index (χ0n) is 15.5. The summed E-state index contributed by atoms with van der Waals surface area (Å²) >= 11 is 0. The highest BCUT2D eigenvalue weighted by molar-refractivity contribution is 5.94. The number of likely N-dealkylation sites (tertiary alicyclic amines) is 1. The van der Waals surface area contributed by atoms with Crippen LogP contribution in [0.5, 0.6) is 0 Å². The van der Waals surface area contributed by atoms with Crippen LogP contribution in [0.1, 0.15) is 28.3 Å². The van der Waals surface area contributed by atoms with Gasteiger partial charge in [0, 0.05) is 37.5 Å². The minimum atomic E-state index is -0.391. The van der Waals surface area contributed by atoms with E-state index >= 15 is 0 Å². The highest BCUT2D eigenvalue weighted by Gasteiger charge is 2.34. The lowest BCUT2D eigenvalue weighted by atomic mass is 9.89. The number of nitrogens with two attached hydrogens (primary N) is 1. The molecule has 3 rings (SSSR count). The van der Waals surface area contributed by atoms with Gasteiger partial charge in [-0.1, -0.05) is 30.3 Å². The summed E-state index contributed by atoms with van der Waals surface area (Å²) in [5, 5.41) is 2.71. The molecular weight excluding hydrogens is 381 g/mol. The molecule has 1 heterocycles. The average molecular weight is 406 g/mol. The SMILES string of the molecule is Cl.NC[C@@H]1CN(C(=O)CCNC(=O)c2ccc(F)cc2)C[C@H]1c1ccccc1. The van der Waals surface area contributed by atoms with Crippen molar-refractivity contribution in [1.82, 2.24) is 10.2 Å². The maximum absolute atomic E-state index is 12.9. The third kappa shape index (κ3) is 5.30. The fraction of sp³-hybridized carbons (Fsp3) is 0.333. The predicted molar refractivity (Wildman–Crippen MR) is 109 cm³/mol. The summed E-state index contributed by atoms with van der Waals surface area (Å²) in [5.41, 5.74) is 7.49. The summed E-state index contributed by atoms with van der Waals surface area (Å²) in [5.74, 6) is -0.213. The van der Waals surface area contributed by atoms with Gasteiger partial charge in [0.25, 0.3) is 5.91 Å². The number of benzene rings is 2. The number of nitrogens with one attached hydrogen (secondary N) is 1. The van der Waals surface area contributed by atoms with E-state index in [4.69, 9.17) is 5.73 Å². The largest absolute Gasteiger partial charge is 0.352 e. The van der Waals surface area contributed by atoms with Crippen molar-refractivity contribution in [1.29, 1.82) is 0 Å². The van der Waals surface area contributed by atoms with E-state index in [0.29, 0.717) is 25.2 Å². The number of amides is 2. The first-order chi connectivity index (χ1) is 13.1. The number of carbonyl (C=O) groups excluding carboxylic acids is 2. The quantitative estimate of drug-likeness (QED) is 0.775. The molecule has 1 aliphatic heterocycles. The highest BCUT2D eigenvalue weighted by atomic mass is 35.5. The number of nitrogens with zero attached hydrogens (tertiary/aromatic N) is 1. The van der Waals surface area contributed by atoms with Crippen LogP contribution >= 0.6 is 12.4 Å². The van der Waals surface area contributed by atoms with E-state index in [1.165, 1.54) is 29.8 Å². The van der Waals surface area contributed by atoms with E-state index < -0.39 is 5.82 Å². The van der Waals surface area contributed by atoms with Gasteiger partial charge in [0.1, 0.15) is 5.82 Å². The molecule has 150 valence electrons. The van der Waals surface area contributed by atoms with Crippen molar-refractivity contribution in [2.45, 2.75) is 12.3 Å². The first-order valence-corrected chi connectivity index (χ1v) is 9.15. The van der Waals surface area contributed by atoms with Gasteiger partial charge in [-0.2, -0.15) is 0 Å². The van der Waals surface area contributed by atoms with Gasteiger partial charge in [-0.05, 0) is 42.3 Å². The first-order valence-electron chi connectivity index (χ1n) is 9.15. The lowest BCUT2D eigenvalue weighted by molar-refractivity contribution is -0.130. The predicted octanol–water partition coefficient (Wildman–Crippen LogP) is 2.57. The second-order valence-electron chi connectivity index (χ2n) is 6.82. The fourth-order valence-electron chi connectivity index (χ4n) is 3.54. The minimum Gasteiger partial charge on any atom is -0.352 e. The van der Waals surface area contributed by atoms with Gasteiger partial charge in [-0.15, -0.1) is 12.4 Å². The normalized spacial score (nSPS) is 18.4. The molecule has 2 atom stereocenters. The molecule has 0 saturated carbocycles. The topological polar surface area (TPSA) is 75.4 Å². The van der Waals surface area contributed by atoms with E-state index in [-0.39, 0.29) is 49.0 Å². The molecule has 5 nitrogen and oxygen atoms in total. The first kappa shape index (κ1) is 21.9. The lowest BCUT2D eigenvalue weighted by Gasteiger charge is -2.17. The molecule has 0 radical (unpaired) electrons. The Bertz CT molecular complexity index is 786. The molecule has 7 heteroatoms. The summed E-state index contributed by atoms with van der Waals surface area (Å²) in [6.07, 6.45) is 0.228. The van der Waals surface area contributed by atoms with Crippen LogP contribution in [0.25, 0.3) is 0 Å². The molecule has 28 heavy (non-hydrogen) atoms. The minimum absolute atomic E-state index is 0. The standard InChI is InChI=1S/C21H24FN3O2.ClH/c22-18-8-6-16(7-9-18)21(27)24-11-10-20(26)25-13-17(12-23)19(14-25)15-4-2-1-3-5-15;/h1-9,17,19H,10-14,23H2,(H,24,27);1H/t17-,19+;/m1./s1. The van der Waals surface area contributed by atoms with Crippen LogP contribution < -0.4 is 11.1 Å². The molecule has 0 aliphatic carbocycles. The molecule has 0 spiro atoms. The van der Waals surface area contributed by atoms with Crippen molar-refractivity contribution in [2.75, 3.05) is 26.2 Å². The Balaban J connectivity index is 0.00000280. The molecule has 0 bridgehead atoms. The zero-order valence-corrected chi connectivity index (χ0v) is 16.3. The van der Waals surface area contributed by atoms with E-state index in [0.717, 1.165) is 0 Å². The van der Waals surface area contributed by atoms with Crippen LogP contribution in [0, 0.1) is 11.7 Å². The van der Waals surface area contributed by atoms with Crippen molar-refractivity contribution in [3.63, 3.8) is 0 Å². The summed E-state index contributed by atoms with van der Waals surface area (Å²) in [7, 11) is 0. The number of halogens is 2. The molecular formula is C21H25ClFN3O2. The monoisotopic (exact) mass is 405 g/mol. The van der Waals surface area contributed by atoms with E-state index in [1.54, 1.807) is 0 Å². The van der Waals surface area contributed by atoms with Gasteiger partial charge in [-0.3, -0.25) is 9.59 Å². The summed E-state index contributed by atoms with van der Waals surface area (Å²) in [6.45, 7) is 2.07. The molecule has 0 aromatic heterocycles. The Morgan fingerprint density at radius 2 is 1.75 bits per heavy atom. The molecule has 1 aliphatic rings. The molecule has 1 saturated heterocycles. The van der Waals surface area contributed by atoms with Crippen molar-refractivity contribution in [2.24, 2.45) is 11.7 Å².